The summed E-state index contributed by atoms with van der Waals surface area (Å²) >= 11 is 0. The molecule has 28 heavy (non-hydrogen) atoms. The Labute approximate surface area is 163 Å². The number of carboxylic acids is 4. The van der Waals surface area contributed by atoms with E-state index >= 15 is 0 Å². The number of hydrogen-bond donors (Lipinski definition) is 4. The first-order valence-corrected chi connectivity index (χ1v) is 9.23. The van der Waals surface area contributed by atoms with Crippen LogP contribution in [0, 0.1) is 5.92 Å². The Morgan fingerprint density at radius 3 is 1.46 bits per heavy atom. The minimum absolute atomic E-state index is 0.228. The van der Waals surface area contributed by atoms with Gasteiger partial charge in [-0.25, -0.2) is 0 Å². The van der Waals surface area contributed by atoms with Crippen molar-refractivity contribution in [2.75, 3.05) is 52.4 Å². The van der Waals surface area contributed by atoms with Crippen LogP contribution in [-0.4, -0.2) is 117 Å². The molecule has 1 atom stereocenters. The van der Waals surface area contributed by atoms with Gasteiger partial charge in [0.1, 0.15) is 0 Å². The van der Waals surface area contributed by atoms with Crippen molar-refractivity contribution in [3.05, 3.63) is 0 Å². The van der Waals surface area contributed by atoms with E-state index in [1.54, 1.807) is 14.7 Å². The lowest BCUT2D eigenvalue weighted by molar-refractivity contribution is -0.158. The van der Waals surface area contributed by atoms with Crippen molar-refractivity contribution >= 4 is 23.9 Å². The fourth-order valence-electron chi connectivity index (χ4n) is 3.48. The predicted molar refractivity (Wildman–Crippen MR) is 97.2 cm³/mol. The molecule has 1 fully saturated rings. The van der Waals surface area contributed by atoms with Gasteiger partial charge in [0.05, 0.1) is 13.1 Å². The summed E-state index contributed by atoms with van der Waals surface area (Å²) in [6.45, 7) is 3.32. The van der Waals surface area contributed by atoms with Crippen molar-refractivity contribution in [1.82, 2.24) is 14.7 Å². The zero-order valence-corrected chi connectivity index (χ0v) is 16.0. The molecule has 1 rings (SSSR count). The Bertz CT molecular complexity index is 529. The van der Waals surface area contributed by atoms with Crippen LogP contribution in [0.3, 0.4) is 0 Å². The van der Waals surface area contributed by atoms with Crippen LogP contribution < -0.4 is 0 Å². The third kappa shape index (κ3) is 7.79. The van der Waals surface area contributed by atoms with Crippen molar-refractivity contribution in [3.63, 3.8) is 0 Å². The summed E-state index contributed by atoms with van der Waals surface area (Å²) in [4.78, 5) is 50.3. The van der Waals surface area contributed by atoms with Crippen molar-refractivity contribution in [2.45, 2.75) is 25.8 Å². The molecule has 1 aliphatic rings. The highest BCUT2D eigenvalue weighted by atomic mass is 16.4. The molecule has 0 aromatic carbocycles. The van der Waals surface area contributed by atoms with Crippen LogP contribution in [0.4, 0.5) is 0 Å². The molecule has 0 spiro atoms. The largest absolute Gasteiger partial charge is 0.481 e. The van der Waals surface area contributed by atoms with Crippen molar-refractivity contribution in [1.29, 1.82) is 0 Å². The van der Waals surface area contributed by atoms with Gasteiger partial charge in [-0.3, -0.25) is 33.9 Å². The molecule has 1 aliphatic heterocycles. The molecule has 0 radical (unpaired) electrons. The predicted octanol–water partition coefficient (Wildman–Crippen LogP) is -0.971. The molecule has 1 unspecified atom stereocenters. The summed E-state index contributed by atoms with van der Waals surface area (Å²) in [5.74, 6) is -6.49. The van der Waals surface area contributed by atoms with Gasteiger partial charge < -0.3 is 20.4 Å². The van der Waals surface area contributed by atoms with E-state index in [1.807, 2.05) is 6.92 Å². The normalized spacial score (nSPS) is 18.8. The molecule has 0 aliphatic carbocycles. The Morgan fingerprint density at radius 2 is 1.14 bits per heavy atom. The fraction of sp³-hybridized carbons (Fsp3) is 0.765. The van der Waals surface area contributed by atoms with Crippen LogP contribution in [0.1, 0.15) is 19.8 Å². The van der Waals surface area contributed by atoms with Gasteiger partial charge in [0.15, 0.2) is 5.92 Å². The molecule has 0 aromatic heterocycles. The second kappa shape index (κ2) is 11.6. The average molecular weight is 403 g/mol. The molecule has 0 saturated carbocycles. The van der Waals surface area contributed by atoms with Gasteiger partial charge in [0, 0.05) is 45.3 Å². The Morgan fingerprint density at radius 1 is 0.750 bits per heavy atom. The molecule has 4 N–H and O–H groups in total. The zero-order valence-electron chi connectivity index (χ0n) is 16.0. The molecule has 160 valence electrons. The summed E-state index contributed by atoms with van der Waals surface area (Å²) in [5.41, 5.74) is 0. The Hall–Kier alpha value is -2.24. The smallest absolute Gasteiger partial charge is 0.319 e. The first-order valence-electron chi connectivity index (χ1n) is 9.23. The molecule has 0 aromatic rings. The lowest BCUT2D eigenvalue weighted by Crippen LogP contribution is -2.50. The SMILES string of the molecule is CCCC(C(C(=O)O)C(=O)O)N1CCN(CC(=O)O)CCN(CC(=O)O)CC1. The van der Waals surface area contributed by atoms with Crippen LogP contribution in [0.2, 0.25) is 0 Å². The van der Waals surface area contributed by atoms with Gasteiger partial charge in [0.25, 0.3) is 0 Å². The van der Waals surface area contributed by atoms with E-state index in [1.165, 1.54) is 0 Å². The van der Waals surface area contributed by atoms with Gasteiger partial charge in [0.2, 0.25) is 0 Å². The van der Waals surface area contributed by atoms with Gasteiger partial charge in [-0.1, -0.05) is 13.3 Å². The summed E-state index contributed by atoms with van der Waals surface area (Å²) < 4.78 is 0. The number of nitrogens with zero attached hydrogens (tertiary/aromatic N) is 3. The van der Waals surface area contributed by atoms with E-state index in [0.717, 1.165) is 0 Å². The summed E-state index contributed by atoms with van der Waals surface area (Å²) in [5, 5.41) is 37.0. The number of aliphatic carboxylic acids is 4. The van der Waals surface area contributed by atoms with Crippen LogP contribution >= 0.6 is 0 Å². The third-order valence-corrected chi connectivity index (χ3v) is 4.83. The van der Waals surface area contributed by atoms with Gasteiger partial charge in [-0.05, 0) is 6.42 Å². The lowest BCUT2D eigenvalue weighted by Gasteiger charge is -2.35. The second-order valence-corrected chi connectivity index (χ2v) is 6.89. The van der Waals surface area contributed by atoms with Crippen LogP contribution in [0.25, 0.3) is 0 Å². The first kappa shape index (κ1) is 23.8. The average Bonchev–Trinajstić information content (AvgIpc) is 2.65. The minimum atomic E-state index is -1.61. The van der Waals surface area contributed by atoms with E-state index in [9.17, 15) is 29.4 Å². The third-order valence-electron chi connectivity index (χ3n) is 4.83. The van der Waals surface area contributed by atoms with E-state index in [4.69, 9.17) is 10.2 Å². The standard InChI is InChI=1S/C17H29N3O8/c1-2-3-12(15(16(25)26)17(27)28)20-8-6-18(10-13(21)22)4-5-19(7-9-20)11-14(23)24/h12,15H,2-11H2,1H3,(H,21,22)(H,23,24)(H,25,26)(H,27,28). The van der Waals surface area contributed by atoms with E-state index in [-0.39, 0.29) is 13.1 Å². The molecule has 1 heterocycles. The maximum Gasteiger partial charge on any atom is 0.319 e. The molecule has 0 amide bonds. The lowest BCUT2D eigenvalue weighted by atomic mass is 9.94. The maximum absolute atomic E-state index is 11.6. The van der Waals surface area contributed by atoms with Crippen molar-refractivity contribution < 1.29 is 39.6 Å². The quantitative estimate of drug-likeness (QED) is 0.332. The summed E-state index contributed by atoms with van der Waals surface area (Å²) in [6, 6.07) is -0.767. The number of rotatable bonds is 10. The van der Waals surface area contributed by atoms with Crippen molar-refractivity contribution in [3.8, 4) is 0 Å². The number of carboxylic acid groups (broad SMARTS) is 4. The maximum atomic E-state index is 11.6. The molecule has 0 bridgehead atoms. The first-order chi connectivity index (χ1) is 13.1. The highest BCUT2D eigenvalue weighted by molar-refractivity contribution is 5.93. The highest BCUT2D eigenvalue weighted by Crippen LogP contribution is 2.19. The van der Waals surface area contributed by atoms with Crippen LogP contribution in [0.5, 0.6) is 0 Å². The monoisotopic (exact) mass is 403 g/mol. The van der Waals surface area contributed by atoms with Crippen LogP contribution in [0.15, 0.2) is 0 Å². The molecule has 11 heteroatoms. The zero-order chi connectivity index (χ0) is 21.3. The van der Waals surface area contributed by atoms with Gasteiger partial charge >= 0.3 is 23.9 Å². The van der Waals surface area contributed by atoms with E-state index in [0.29, 0.717) is 52.1 Å². The van der Waals surface area contributed by atoms with E-state index in [2.05, 4.69) is 0 Å². The number of carbonyl (C=O) groups is 4. The van der Waals surface area contributed by atoms with Crippen molar-refractivity contribution in [2.24, 2.45) is 5.92 Å². The van der Waals surface area contributed by atoms with E-state index < -0.39 is 35.8 Å². The Balaban J connectivity index is 3.09. The topological polar surface area (TPSA) is 159 Å². The molecular weight excluding hydrogens is 374 g/mol. The molecule has 1 saturated heterocycles. The van der Waals surface area contributed by atoms with Crippen LogP contribution in [-0.2, 0) is 19.2 Å². The minimum Gasteiger partial charge on any atom is -0.481 e. The van der Waals surface area contributed by atoms with Gasteiger partial charge in [-0.15, -0.1) is 0 Å². The fourth-order valence-corrected chi connectivity index (χ4v) is 3.48. The highest BCUT2D eigenvalue weighted by Gasteiger charge is 2.38. The second-order valence-electron chi connectivity index (χ2n) is 6.89. The molecular formula is C17H29N3O8. The summed E-state index contributed by atoms with van der Waals surface area (Å²) in [7, 11) is 0. The summed E-state index contributed by atoms with van der Waals surface area (Å²) in [6.07, 6.45) is 0.928. The molecule has 11 nitrogen and oxygen atoms in total. The number of hydrogen-bond acceptors (Lipinski definition) is 7. The van der Waals surface area contributed by atoms with Gasteiger partial charge in [-0.2, -0.15) is 0 Å². The Kier molecular flexibility index (Phi) is 9.83.